The molecule has 146 valence electrons. The summed E-state index contributed by atoms with van der Waals surface area (Å²) >= 11 is 0. The van der Waals surface area contributed by atoms with Gasteiger partial charge in [0.05, 0.1) is 22.8 Å². The maximum absolute atomic E-state index is 4.98. The fraction of sp³-hybridized carbons (Fsp3) is 0.0769. The Morgan fingerprint density at radius 2 is 1.17 bits per heavy atom. The van der Waals surface area contributed by atoms with Gasteiger partial charge in [-0.15, -0.1) is 13.2 Å². The third-order valence-electron chi connectivity index (χ3n) is 5.31. The summed E-state index contributed by atoms with van der Waals surface area (Å²) < 4.78 is 0. The maximum Gasteiger partial charge on any atom is 0.0693 e. The third kappa shape index (κ3) is 3.33. The van der Waals surface area contributed by atoms with Gasteiger partial charge in [-0.25, -0.2) is 9.97 Å². The number of hydrogen-bond acceptors (Lipinski definition) is 2. The molecule has 5 rings (SSSR count). The number of nitrogens with zero attached hydrogens (tertiary/aromatic N) is 2. The lowest BCUT2D eigenvalue weighted by Crippen LogP contribution is -1.91. The molecule has 0 saturated heterocycles. The number of rotatable bonds is 4. The van der Waals surface area contributed by atoms with E-state index in [0.717, 1.165) is 68.8 Å². The first-order valence-electron chi connectivity index (χ1n) is 10.0. The fourth-order valence-corrected chi connectivity index (χ4v) is 3.91. The molecular weight excluding hydrogens is 368 g/mol. The minimum atomic E-state index is 0.730. The molecule has 8 bridgehead atoms. The van der Waals surface area contributed by atoms with Crippen molar-refractivity contribution in [2.24, 2.45) is 0 Å². The van der Waals surface area contributed by atoms with Crippen LogP contribution in [0.5, 0.6) is 0 Å². The van der Waals surface area contributed by atoms with Crippen molar-refractivity contribution in [1.82, 2.24) is 19.9 Å². The Balaban J connectivity index is 1.91. The summed E-state index contributed by atoms with van der Waals surface area (Å²) in [5, 5.41) is 0. The molecule has 0 fully saturated rings. The monoisotopic (exact) mass is 390 g/mol. The zero-order chi connectivity index (χ0) is 20.5. The summed E-state index contributed by atoms with van der Waals surface area (Å²) in [4.78, 5) is 16.7. The average molecular weight is 390 g/mol. The van der Waals surface area contributed by atoms with Crippen LogP contribution in [0.15, 0.2) is 61.7 Å². The second-order valence-corrected chi connectivity index (χ2v) is 7.40. The molecule has 2 aliphatic heterocycles. The average Bonchev–Trinajstić information content (AvgIpc) is 3.53. The molecule has 0 aromatic carbocycles. The van der Waals surface area contributed by atoms with Crippen LogP contribution in [0.2, 0.25) is 0 Å². The van der Waals surface area contributed by atoms with Gasteiger partial charge in [0, 0.05) is 33.2 Å². The zero-order valence-electron chi connectivity index (χ0n) is 16.7. The Morgan fingerprint density at radius 1 is 0.667 bits per heavy atom. The summed E-state index contributed by atoms with van der Waals surface area (Å²) in [5.41, 5.74) is 10.1. The van der Waals surface area contributed by atoms with Crippen molar-refractivity contribution in [1.29, 1.82) is 0 Å². The third-order valence-corrected chi connectivity index (χ3v) is 5.31. The molecule has 2 N–H and O–H groups in total. The minimum absolute atomic E-state index is 0.730. The Hall–Kier alpha value is -3.92. The molecular formula is C26H22N4. The van der Waals surface area contributed by atoms with E-state index in [2.05, 4.69) is 71.7 Å². The van der Waals surface area contributed by atoms with Crippen LogP contribution >= 0.6 is 0 Å². The van der Waals surface area contributed by atoms with Crippen molar-refractivity contribution < 1.29 is 0 Å². The summed E-state index contributed by atoms with van der Waals surface area (Å²) in [6, 6.07) is 12.4. The van der Waals surface area contributed by atoms with E-state index in [-0.39, 0.29) is 0 Å². The normalized spacial score (nSPS) is 12.3. The van der Waals surface area contributed by atoms with Crippen molar-refractivity contribution >= 4 is 46.4 Å². The molecule has 0 radical (unpaired) electrons. The van der Waals surface area contributed by atoms with Crippen LogP contribution in [0.4, 0.5) is 0 Å². The highest BCUT2D eigenvalue weighted by atomic mass is 14.8. The molecule has 30 heavy (non-hydrogen) atoms. The van der Waals surface area contributed by atoms with E-state index in [1.54, 1.807) is 0 Å². The molecule has 0 saturated carbocycles. The topological polar surface area (TPSA) is 57.4 Å². The van der Waals surface area contributed by atoms with E-state index in [9.17, 15) is 0 Å². The number of hydrogen-bond donors (Lipinski definition) is 2. The number of H-pyrrole nitrogens is 2. The smallest absolute Gasteiger partial charge is 0.0693 e. The van der Waals surface area contributed by atoms with Gasteiger partial charge in [0.25, 0.3) is 0 Å². The largest absolute Gasteiger partial charge is 0.355 e. The lowest BCUT2D eigenvalue weighted by molar-refractivity contribution is 1.17. The van der Waals surface area contributed by atoms with Crippen molar-refractivity contribution in [3.63, 3.8) is 0 Å². The van der Waals surface area contributed by atoms with Crippen molar-refractivity contribution in [3.8, 4) is 0 Å². The first-order valence-corrected chi connectivity index (χ1v) is 10.0. The van der Waals surface area contributed by atoms with E-state index in [0.29, 0.717) is 0 Å². The molecule has 5 heterocycles. The first-order chi connectivity index (χ1) is 14.7. The summed E-state index contributed by atoms with van der Waals surface area (Å²) in [7, 11) is 0. The van der Waals surface area contributed by atoms with Gasteiger partial charge in [0.15, 0.2) is 0 Å². The fourth-order valence-electron chi connectivity index (χ4n) is 3.91. The predicted octanol–water partition coefficient (Wildman–Crippen LogP) is 6.11. The quantitative estimate of drug-likeness (QED) is 0.364. The molecule has 4 heteroatoms. The van der Waals surface area contributed by atoms with Gasteiger partial charge in [-0.2, -0.15) is 0 Å². The van der Waals surface area contributed by atoms with Crippen LogP contribution in [0.1, 0.15) is 33.9 Å². The SMILES string of the molecule is C=CCc1c2nc(c(CC=C)c3ccc(cc4nc(cc5ccc1[nH]5)C=C4)[nH]3)C=C2. The van der Waals surface area contributed by atoms with E-state index in [1.807, 2.05) is 24.3 Å². The molecule has 2 aliphatic rings. The van der Waals surface area contributed by atoms with Crippen LogP contribution in [0.3, 0.4) is 0 Å². The molecule has 4 nitrogen and oxygen atoms in total. The van der Waals surface area contributed by atoms with Gasteiger partial charge >= 0.3 is 0 Å². The Morgan fingerprint density at radius 3 is 1.63 bits per heavy atom. The van der Waals surface area contributed by atoms with Crippen molar-refractivity contribution in [3.05, 3.63) is 95.6 Å². The number of fused-ring (bicyclic) bond motifs is 8. The van der Waals surface area contributed by atoms with Gasteiger partial charge < -0.3 is 9.97 Å². The van der Waals surface area contributed by atoms with Gasteiger partial charge in [0.2, 0.25) is 0 Å². The van der Waals surface area contributed by atoms with Gasteiger partial charge in [0.1, 0.15) is 0 Å². The standard InChI is InChI=1S/C26H22N4/c1-3-5-21-23-11-9-19(28-23)15-17-7-8-18(27-17)16-20-10-12-24(29-20)22(6-4-2)26-14-13-25(21)30-26/h3-4,7-16,28-29H,1-2,5-6H2. The van der Waals surface area contributed by atoms with E-state index >= 15 is 0 Å². The Bertz CT molecular complexity index is 1280. The van der Waals surface area contributed by atoms with Gasteiger partial charge in [-0.3, -0.25) is 0 Å². The van der Waals surface area contributed by atoms with Gasteiger partial charge in [-0.05, 0) is 73.5 Å². The second-order valence-electron chi connectivity index (χ2n) is 7.40. The Labute approximate surface area is 175 Å². The highest BCUT2D eigenvalue weighted by Crippen LogP contribution is 2.24. The lowest BCUT2D eigenvalue weighted by Gasteiger charge is -2.00. The Kier molecular flexibility index (Phi) is 4.52. The first kappa shape index (κ1) is 18.1. The van der Waals surface area contributed by atoms with E-state index in [1.165, 1.54) is 0 Å². The molecule has 0 spiro atoms. The van der Waals surface area contributed by atoms with Crippen LogP contribution in [0, 0.1) is 0 Å². The maximum atomic E-state index is 4.98. The molecule has 0 atom stereocenters. The van der Waals surface area contributed by atoms with Crippen LogP contribution < -0.4 is 0 Å². The van der Waals surface area contributed by atoms with Crippen LogP contribution in [-0.2, 0) is 12.8 Å². The predicted molar refractivity (Wildman–Crippen MR) is 127 cm³/mol. The highest BCUT2D eigenvalue weighted by Gasteiger charge is 2.11. The molecule has 0 unspecified atom stereocenters. The van der Waals surface area contributed by atoms with Crippen LogP contribution in [-0.4, -0.2) is 19.9 Å². The van der Waals surface area contributed by atoms with Gasteiger partial charge in [-0.1, -0.05) is 12.2 Å². The highest BCUT2D eigenvalue weighted by molar-refractivity contribution is 5.81. The molecule has 3 aromatic rings. The zero-order valence-corrected chi connectivity index (χ0v) is 16.7. The lowest BCUT2D eigenvalue weighted by atomic mass is 10.1. The number of aromatic amines is 2. The number of nitrogens with one attached hydrogen (secondary N) is 2. The number of aromatic nitrogens is 4. The van der Waals surface area contributed by atoms with E-state index < -0.39 is 0 Å². The molecule has 0 amide bonds. The van der Waals surface area contributed by atoms with Crippen molar-refractivity contribution in [2.75, 3.05) is 0 Å². The number of allylic oxidation sites excluding steroid dienone is 2. The molecule has 3 aromatic heterocycles. The summed E-state index contributed by atoms with van der Waals surface area (Å²) in [5.74, 6) is 0. The second kappa shape index (κ2) is 7.48. The summed E-state index contributed by atoms with van der Waals surface area (Å²) in [6.45, 7) is 7.88. The van der Waals surface area contributed by atoms with E-state index in [4.69, 9.17) is 9.97 Å². The summed E-state index contributed by atoms with van der Waals surface area (Å²) in [6.07, 6.45) is 13.5. The minimum Gasteiger partial charge on any atom is -0.355 e. The molecule has 0 aliphatic carbocycles. The van der Waals surface area contributed by atoms with Crippen molar-refractivity contribution in [2.45, 2.75) is 12.8 Å². The van der Waals surface area contributed by atoms with Crippen LogP contribution in [0.25, 0.3) is 46.4 Å².